The van der Waals surface area contributed by atoms with Crippen molar-refractivity contribution in [1.82, 2.24) is 19.7 Å². The number of fused-ring (bicyclic) bond motifs is 1. The van der Waals surface area contributed by atoms with Crippen molar-refractivity contribution >= 4 is 29.0 Å². The number of halogens is 1. The Kier molecular flexibility index (Phi) is 6.50. The first-order valence-corrected chi connectivity index (χ1v) is 12.2. The van der Waals surface area contributed by atoms with Gasteiger partial charge < -0.3 is 10.2 Å². The van der Waals surface area contributed by atoms with Gasteiger partial charge in [-0.15, -0.1) is 0 Å². The zero-order valence-corrected chi connectivity index (χ0v) is 20.0. The molecule has 3 heterocycles. The SMILES string of the molecule is CCc1nc2ncc(Cl)cn2c1C(=O)NCc1ccc(C2CCN(c3ccccc3)CC2)cc1. The van der Waals surface area contributed by atoms with Crippen LogP contribution in [0.4, 0.5) is 5.69 Å². The predicted octanol–water partition coefficient (Wildman–Crippen LogP) is 5.26. The number of nitrogens with one attached hydrogen (secondary N) is 1. The van der Waals surface area contributed by atoms with E-state index in [4.69, 9.17) is 11.6 Å². The second-order valence-corrected chi connectivity index (χ2v) is 9.16. The molecule has 5 rings (SSSR count). The molecule has 0 spiro atoms. The lowest BCUT2D eigenvalue weighted by atomic mass is 9.89. The first kappa shape index (κ1) is 22.4. The van der Waals surface area contributed by atoms with Gasteiger partial charge in [-0.1, -0.05) is 61.0 Å². The molecule has 7 heteroatoms. The van der Waals surface area contributed by atoms with Crippen LogP contribution in [0.25, 0.3) is 5.78 Å². The summed E-state index contributed by atoms with van der Waals surface area (Å²) < 4.78 is 1.67. The number of carbonyl (C=O) groups excluding carboxylic acids is 1. The van der Waals surface area contributed by atoms with E-state index in [9.17, 15) is 4.79 Å². The Labute approximate surface area is 204 Å². The lowest BCUT2D eigenvalue weighted by Gasteiger charge is -2.34. The highest BCUT2D eigenvalue weighted by Crippen LogP contribution is 2.30. The molecule has 6 nitrogen and oxygen atoms in total. The molecule has 0 radical (unpaired) electrons. The summed E-state index contributed by atoms with van der Waals surface area (Å²) in [5.74, 6) is 0.881. The van der Waals surface area contributed by atoms with Crippen molar-refractivity contribution in [1.29, 1.82) is 0 Å². The number of carbonyl (C=O) groups is 1. The van der Waals surface area contributed by atoms with E-state index in [1.807, 2.05) is 6.92 Å². The molecule has 0 aliphatic carbocycles. The Hall–Kier alpha value is -3.38. The smallest absolute Gasteiger partial charge is 0.270 e. The zero-order valence-electron chi connectivity index (χ0n) is 19.2. The molecule has 1 amide bonds. The highest BCUT2D eigenvalue weighted by molar-refractivity contribution is 6.30. The minimum atomic E-state index is -0.175. The molecule has 0 bridgehead atoms. The summed E-state index contributed by atoms with van der Waals surface area (Å²) in [5.41, 5.74) is 4.96. The third-order valence-corrected chi connectivity index (χ3v) is 6.79. The standard InChI is InChI=1S/C27H28ClN5O/c1-2-24-25(33-18-22(28)17-30-27(33)31-24)26(34)29-16-19-8-10-20(11-9-19)21-12-14-32(15-13-21)23-6-4-3-5-7-23/h3-11,17-18,21H,2,12-16H2,1H3,(H,29,34). The Balaban J connectivity index is 1.21. The Morgan fingerprint density at radius 2 is 1.82 bits per heavy atom. The molecule has 174 valence electrons. The van der Waals surface area contributed by atoms with Gasteiger partial charge >= 0.3 is 0 Å². The normalized spacial score (nSPS) is 14.5. The van der Waals surface area contributed by atoms with Crippen molar-refractivity contribution in [3.05, 3.63) is 94.5 Å². The van der Waals surface area contributed by atoms with E-state index in [-0.39, 0.29) is 5.91 Å². The van der Waals surface area contributed by atoms with Crippen LogP contribution in [-0.2, 0) is 13.0 Å². The molecule has 34 heavy (non-hydrogen) atoms. The summed E-state index contributed by atoms with van der Waals surface area (Å²) in [6, 6.07) is 19.3. The van der Waals surface area contributed by atoms with Gasteiger partial charge in [0, 0.05) is 31.5 Å². The van der Waals surface area contributed by atoms with Gasteiger partial charge in [0.1, 0.15) is 5.69 Å². The second-order valence-electron chi connectivity index (χ2n) is 8.72. The number of nitrogens with zero attached hydrogens (tertiary/aromatic N) is 4. The summed E-state index contributed by atoms with van der Waals surface area (Å²) in [7, 11) is 0. The van der Waals surface area contributed by atoms with Gasteiger partial charge in [0.15, 0.2) is 0 Å². The Bertz CT molecular complexity index is 1280. The van der Waals surface area contributed by atoms with Crippen LogP contribution in [0, 0.1) is 0 Å². The van der Waals surface area contributed by atoms with Crippen LogP contribution in [0.15, 0.2) is 67.0 Å². The first-order valence-electron chi connectivity index (χ1n) is 11.8. The van der Waals surface area contributed by atoms with E-state index in [1.165, 1.54) is 17.4 Å². The Morgan fingerprint density at radius 1 is 1.09 bits per heavy atom. The number of aryl methyl sites for hydroxylation is 1. The monoisotopic (exact) mass is 473 g/mol. The molecule has 0 atom stereocenters. The number of imidazole rings is 1. The fraction of sp³-hybridized carbons (Fsp3) is 0.296. The highest BCUT2D eigenvalue weighted by Gasteiger charge is 2.21. The summed E-state index contributed by atoms with van der Waals surface area (Å²) in [5, 5.41) is 3.50. The van der Waals surface area contributed by atoms with Gasteiger partial charge in [-0.3, -0.25) is 9.20 Å². The molecule has 0 saturated carbocycles. The van der Waals surface area contributed by atoms with E-state index in [0.717, 1.165) is 31.5 Å². The lowest BCUT2D eigenvalue weighted by molar-refractivity contribution is 0.0944. The second kappa shape index (κ2) is 9.85. The van der Waals surface area contributed by atoms with Crippen molar-refractivity contribution in [2.24, 2.45) is 0 Å². The van der Waals surface area contributed by atoms with Gasteiger partial charge in [-0.25, -0.2) is 9.97 Å². The fourth-order valence-corrected chi connectivity index (χ4v) is 4.87. The molecule has 2 aromatic heterocycles. The first-order chi connectivity index (χ1) is 16.6. The molecule has 0 unspecified atom stereocenters. The third kappa shape index (κ3) is 4.64. The molecule has 1 saturated heterocycles. The quantitative estimate of drug-likeness (QED) is 0.415. The van der Waals surface area contributed by atoms with Crippen molar-refractivity contribution in [3.63, 3.8) is 0 Å². The van der Waals surface area contributed by atoms with Crippen LogP contribution in [0.3, 0.4) is 0 Å². The van der Waals surface area contributed by atoms with E-state index >= 15 is 0 Å². The number of hydrogen-bond donors (Lipinski definition) is 1. The van der Waals surface area contributed by atoms with Crippen molar-refractivity contribution in [2.75, 3.05) is 18.0 Å². The molecular weight excluding hydrogens is 446 g/mol. The van der Waals surface area contributed by atoms with Gasteiger partial charge in [-0.05, 0) is 48.4 Å². The summed E-state index contributed by atoms with van der Waals surface area (Å²) >= 11 is 6.09. The lowest BCUT2D eigenvalue weighted by Crippen LogP contribution is -2.32. The van der Waals surface area contributed by atoms with Crippen LogP contribution in [-0.4, -0.2) is 33.4 Å². The van der Waals surface area contributed by atoms with Crippen molar-refractivity contribution in [3.8, 4) is 0 Å². The van der Waals surface area contributed by atoms with Gasteiger partial charge in [0.2, 0.25) is 5.78 Å². The fourth-order valence-electron chi connectivity index (χ4n) is 4.73. The molecule has 2 aromatic carbocycles. The van der Waals surface area contributed by atoms with Crippen molar-refractivity contribution in [2.45, 2.75) is 38.6 Å². The van der Waals surface area contributed by atoms with Crippen LogP contribution in [0.1, 0.15) is 53.0 Å². The largest absolute Gasteiger partial charge is 0.371 e. The van der Waals surface area contributed by atoms with Crippen LogP contribution in [0.2, 0.25) is 5.02 Å². The van der Waals surface area contributed by atoms with Crippen LogP contribution < -0.4 is 10.2 Å². The number of hydrogen-bond acceptors (Lipinski definition) is 4. The molecule has 1 aliphatic rings. The number of aromatic nitrogens is 3. The van der Waals surface area contributed by atoms with Crippen molar-refractivity contribution < 1.29 is 4.79 Å². The number of anilines is 1. The maximum absolute atomic E-state index is 13.0. The zero-order chi connectivity index (χ0) is 23.5. The average Bonchev–Trinajstić information content (AvgIpc) is 3.26. The minimum absolute atomic E-state index is 0.175. The summed E-state index contributed by atoms with van der Waals surface area (Å²) in [6.45, 7) is 4.58. The average molecular weight is 474 g/mol. The third-order valence-electron chi connectivity index (χ3n) is 6.59. The molecular formula is C27H28ClN5O. The van der Waals surface area contributed by atoms with E-state index in [1.54, 1.807) is 10.6 Å². The maximum atomic E-state index is 13.0. The van der Waals surface area contributed by atoms with E-state index in [0.29, 0.717) is 41.1 Å². The van der Waals surface area contributed by atoms with Crippen LogP contribution >= 0.6 is 11.6 Å². The molecule has 1 N–H and O–H groups in total. The van der Waals surface area contributed by atoms with Gasteiger partial charge in [0.25, 0.3) is 5.91 Å². The Morgan fingerprint density at radius 3 is 2.53 bits per heavy atom. The number of piperidine rings is 1. The molecule has 1 fully saturated rings. The minimum Gasteiger partial charge on any atom is -0.371 e. The maximum Gasteiger partial charge on any atom is 0.270 e. The van der Waals surface area contributed by atoms with Gasteiger partial charge in [0.05, 0.1) is 16.9 Å². The number of benzene rings is 2. The predicted molar refractivity (Wildman–Crippen MR) is 136 cm³/mol. The van der Waals surface area contributed by atoms with E-state index in [2.05, 4.69) is 74.8 Å². The van der Waals surface area contributed by atoms with E-state index < -0.39 is 0 Å². The number of para-hydroxylation sites is 1. The summed E-state index contributed by atoms with van der Waals surface area (Å²) in [6.07, 6.45) is 6.16. The topological polar surface area (TPSA) is 62.5 Å². The molecule has 4 aromatic rings. The number of amides is 1. The molecule has 1 aliphatic heterocycles. The number of rotatable bonds is 6. The van der Waals surface area contributed by atoms with Gasteiger partial charge in [-0.2, -0.15) is 0 Å². The highest BCUT2D eigenvalue weighted by atomic mass is 35.5. The van der Waals surface area contributed by atoms with Crippen LogP contribution in [0.5, 0.6) is 0 Å². The summed E-state index contributed by atoms with van der Waals surface area (Å²) in [4.78, 5) is 24.2.